The fraction of sp³-hybridized carbons (Fsp3) is 0.857. The number of ether oxygens (including phenoxy) is 2. The molecule has 1 unspecified atom stereocenters. The minimum absolute atomic E-state index is 0. The number of rotatable bonds is 5. The molecule has 0 aromatic rings. The Bertz CT molecular complexity index is 121. The van der Waals surface area contributed by atoms with Crippen LogP contribution in [0.2, 0.25) is 0 Å². The van der Waals surface area contributed by atoms with Gasteiger partial charge in [-0.1, -0.05) is 0 Å². The first kappa shape index (κ1) is 14.2. The predicted octanol–water partition coefficient (Wildman–Crippen LogP) is 0.683. The van der Waals surface area contributed by atoms with Crippen molar-refractivity contribution in [2.45, 2.75) is 26.5 Å². The van der Waals surface area contributed by atoms with Crippen molar-refractivity contribution in [3.05, 3.63) is 0 Å². The number of hydrogen-bond donors (Lipinski definition) is 1. The summed E-state index contributed by atoms with van der Waals surface area (Å²) in [6.45, 7) is 4.48. The first-order valence-corrected chi connectivity index (χ1v) is 3.73. The molecule has 0 spiro atoms. The summed E-state index contributed by atoms with van der Waals surface area (Å²) in [5, 5.41) is 0. The second-order valence-electron chi connectivity index (χ2n) is 2.00. The van der Waals surface area contributed by atoms with E-state index in [1.807, 2.05) is 6.92 Å². The third-order valence-corrected chi connectivity index (χ3v) is 1.05. The van der Waals surface area contributed by atoms with Gasteiger partial charge in [0.25, 0.3) is 0 Å². The Morgan fingerprint density at radius 1 is 1.42 bits per heavy atom. The van der Waals surface area contributed by atoms with E-state index < -0.39 is 6.23 Å². The molecule has 12 heavy (non-hydrogen) atoms. The highest BCUT2D eigenvalue weighted by Gasteiger charge is 2.08. The van der Waals surface area contributed by atoms with Crippen LogP contribution in [-0.2, 0) is 14.3 Å². The van der Waals surface area contributed by atoms with E-state index >= 15 is 0 Å². The molecule has 0 bridgehead atoms. The Hall–Kier alpha value is -0.320. The average molecular weight is 198 g/mol. The molecule has 0 radical (unpaired) electrons. The SMILES string of the molecule is CCOC(=O)CC(N)OCC.Cl. The molecule has 0 aliphatic heterocycles. The Balaban J connectivity index is 0. The van der Waals surface area contributed by atoms with Crippen LogP contribution in [0, 0.1) is 0 Å². The van der Waals surface area contributed by atoms with E-state index in [1.165, 1.54) is 0 Å². The molecule has 0 aliphatic rings. The van der Waals surface area contributed by atoms with Gasteiger partial charge in [-0.25, -0.2) is 0 Å². The van der Waals surface area contributed by atoms with E-state index in [1.54, 1.807) is 6.92 Å². The second-order valence-corrected chi connectivity index (χ2v) is 2.00. The third kappa shape index (κ3) is 7.78. The number of carbonyl (C=O) groups is 1. The smallest absolute Gasteiger partial charge is 0.309 e. The highest BCUT2D eigenvalue weighted by atomic mass is 35.5. The summed E-state index contributed by atoms with van der Waals surface area (Å²) in [4.78, 5) is 10.7. The van der Waals surface area contributed by atoms with Gasteiger partial charge in [0.05, 0.1) is 13.0 Å². The van der Waals surface area contributed by atoms with E-state index in [-0.39, 0.29) is 24.8 Å². The van der Waals surface area contributed by atoms with Gasteiger partial charge in [-0.05, 0) is 13.8 Å². The minimum Gasteiger partial charge on any atom is -0.466 e. The van der Waals surface area contributed by atoms with E-state index in [0.717, 1.165) is 0 Å². The zero-order valence-corrected chi connectivity index (χ0v) is 8.23. The topological polar surface area (TPSA) is 61.5 Å². The van der Waals surface area contributed by atoms with Crippen molar-refractivity contribution in [3.8, 4) is 0 Å². The fourth-order valence-corrected chi connectivity index (χ4v) is 0.657. The molecule has 1 atom stereocenters. The summed E-state index contributed by atoms with van der Waals surface area (Å²) in [5.41, 5.74) is 5.39. The molecule has 0 saturated heterocycles. The van der Waals surface area contributed by atoms with Crippen LogP contribution in [0.5, 0.6) is 0 Å². The molecular weight excluding hydrogens is 182 g/mol. The summed E-state index contributed by atoms with van der Waals surface area (Å²) >= 11 is 0. The quantitative estimate of drug-likeness (QED) is 0.520. The highest BCUT2D eigenvalue weighted by molar-refractivity contribution is 5.85. The lowest BCUT2D eigenvalue weighted by Gasteiger charge is -2.09. The maximum atomic E-state index is 10.7. The molecule has 0 aromatic carbocycles. The molecule has 0 fully saturated rings. The zero-order valence-electron chi connectivity index (χ0n) is 7.41. The fourth-order valence-electron chi connectivity index (χ4n) is 0.657. The highest BCUT2D eigenvalue weighted by Crippen LogP contribution is 1.93. The van der Waals surface area contributed by atoms with Crippen molar-refractivity contribution >= 4 is 18.4 Å². The maximum absolute atomic E-state index is 10.7. The van der Waals surface area contributed by atoms with Crippen molar-refractivity contribution in [1.82, 2.24) is 0 Å². The van der Waals surface area contributed by atoms with E-state index in [9.17, 15) is 4.79 Å². The van der Waals surface area contributed by atoms with Crippen LogP contribution >= 0.6 is 12.4 Å². The van der Waals surface area contributed by atoms with Gasteiger partial charge in [0.1, 0.15) is 6.23 Å². The summed E-state index contributed by atoms with van der Waals surface area (Å²) in [7, 11) is 0. The van der Waals surface area contributed by atoms with E-state index in [4.69, 9.17) is 10.5 Å². The van der Waals surface area contributed by atoms with Gasteiger partial charge in [-0.2, -0.15) is 0 Å². The van der Waals surface area contributed by atoms with Crippen LogP contribution in [-0.4, -0.2) is 25.4 Å². The summed E-state index contributed by atoms with van der Waals surface area (Å²) in [6, 6.07) is 0. The molecule has 0 aromatic heterocycles. The van der Waals surface area contributed by atoms with Gasteiger partial charge in [-0.3, -0.25) is 4.79 Å². The minimum atomic E-state index is -0.529. The number of esters is 1. The van der Waals surface area contributed by atoms with Crippen LogP contribution < -0.4 is 5.73 Å². The molecule has 5 heteroatoms. The van der Waals surface area contributed by atoms with Gasteiger partial charge in [-0.15, -0.1) is 12.4 Å². The van der Waals surface area contributed by atoms with Crippen LogP contribution in [0.15, 0.2) is 0 Å². The van der Waals surface area contributed by atoms with Gasteiger partial charge in [0.2, 0.25) is 0 Å². The van der Waals surface area contributed by atoms with Gasteiger partial charge in [0.15, 0.2) is 0 Å². The first-order valence-electron chi connectivity index (χ1n) is 3.73. The molecule has 0 amide bonds. The van der Waals surface area contributed by atoms with E-state index in [2.05, 4.69) is 4.74 Å². The molecule has 0 aliphatic carbocycles. The molecule has 0 saturated carbocycles. The number of hydrogen-bond acceptors (Lipinski definition) is 4. The Labute approximate surface area is 78.8 Å². The predicted molar refractivity (Wildman–Crippen MR) is 48.1 cm³/mol. The van der Waals surface area contributed by atoms with Crippen molar-refractivity contribution in [3.63, 3.8) is 0 Å². The third-order valence-electron chi connectivity index (χ3n) is 1.05. The lowest BCUT2D eigenvalue weighted by molar-refractivity contribution is -0.146. The van der Waals surface area contributed by atoms with Gasteiger partial charge >= 0.3 is 5.97 Å². The monoisotopic (exact) mass is 197 g/mol. The second kappa shape index (κ2) is 8.77. The van der Waals surface area contributed by atoms with Gasteiger partial charge < -0.3 is 15.2 Å². The molecule has 2 N–H and O–H groups in total. The maximum Gasteiger partial charge on any atom is 0.309 e. The van der Waals surface area contributed by atoms with Gasteiger partial charge in [0, 0.05) is 6.61 Å². The molecule has 0 rings (SSSR count). The lowest BCUT2D eigenvalue weighted by Crippen LogP contribution is -2.27. The van der Waals surface area contributed by atoms with Crippen molar-refractivity contribution in [2.75, 3.05) is 13.2 Å². The van der Waals surface area contributed by atoms with Crippen LogP contribution in [0.1, 0.15) is 20.3 Å². The van der Waals surface area contributed by atoms with Crippen LogP contribution in [0.4, 0.5) is 0 Å². The largest absolute Gasteiger partial charge is 0.466 e. The Morgan fingerprint density at radius 2 is 2.00 bits per heavy atom. The molecule has 74 valence electrons. The number of carbonyl (C=O) groups excluding carboxylic acids is 1. The van der Waals surface area contributed by atoms with Crippen molar-refractivity contribution in [1.29, 1.82) is 0 Å². The molecule has 0 heterocycles. The van der Waals surface area contributed by atoms with E-state index in [0.29, 0.717) is 13.2 Å². The first-order chi connectivity index (χ1) is 5.20. The zero-order chi connectivity index (χ0) is 8.69. The van der Waals surface area contributed by atoms with Crippen LogP contribution in [0.3, 0.4) is 0 Å². The molecule has 4 nitrogen and oxygen atoms in total. The van der Waals surface area contributed by atoms with Crippen molar-refractivity contribution < 1.29 is 14.3 Å². The normalized spacial score (nSPS) is 11.6. The Morgan fingerprint density at radius 3 is 2.42 bits per heavy atom. The average Bonchev–Trinajstić information content (AvgIpc) is 1.87. The van der Waals surface area contributed by atoms with Crippen LogP contribution in [0.25, 0.3) is 0 Å². The summed E-state index contributed by atoms with van der Waals surface area (Å²) < 4.78 is 9.60. The summed E-state index contributed by atoms with van der Waals surface area (Å²) in [6.07, 6.45) is -0.402. The Kier molecular flexibility index (Phi) is 10.4. The lowest BCUT2D eigenvalue weighted by atomic mass is 10.4. The van der Waals surface area contributed by atoms with Crippen molar-refractivity contribution in [2.24, 2.45) is 5.73 Å². The standard InChI is InChI=1S/C7H15NO3.ClH/c1-3-10-6(8)5-7(9)11-4-2;/h6H,3-5,8H2,1-2H3;1H. The molecular formula is C7H16ClNO3. The number of nitrogens with two attached hydrogens (primary N) is 1. The summed E-state index contributed by atoms with van der Waals surface area (Å²) in [5.74, 6) is -0.312. The number of halogens is 1.